The van der Waals surface area contributed by atoms with Gasteiger partial charge < -0.3 is 13.9 Å². The highest BCUT2D eigenvalue weighted by Crippen LogP contribution is 2.20. The van der Waals surface area contributed by atoms with Crippen molar-refractivity contribution >= 4 is 23.5 Å². The van der Waals surface area contributed by atoms with E-state index in [1.807, 2.05) is 24.3 Å². The number of aromatic nitrogens is 2. The van der Waals surface area contributed by atoms with Gasteiger partial charge in [0.2, 0.25) is 5.76 Å². The van der Waals surface area contributed by atoms with Crippen LogP contribution in [0, 0.1) is 13.8 Å². The predicted octanol–water partition coefficient (Wildman–Crippen LogP) is 3.94. The van der Waals surface area contributed by atoms with E-state index >= 15 is 0 Å². The average Bonchev–Trinajstić information content (AvgIpc) is 3.26. The molecule has 0 fully saturated rings. The van der Waals surface area contributed by atoms with Gasteiger partial charge in [-0.2, -0.15) is 5.10 Å². The number of hydrogen-bond donors (Lipinski definition) is 0. The number of methoxy groups -OCH3 is 1. The standard InChI is InChI=1S/C20H19ClN2O5/c1-12-18(13(2)23(22-12)10-14-6-4-5-7-16(14)21)20(25)27-11-15-8-9-17(28-15)19(24)26-3/h4-9H,10-11H2,1-3H3. The largest absolute Gasteiger partial charge is 0.463 e. The maximum Gasteiger partial charge on any atom is 0.373 e. The topological polar surface area (TPSA) is 83.6 Å². The number of hydrogen-bond acceptors (Lipinski definition) is 6. The van der Waals surface area contributed by atoms with Crippen molar-refractivity contribution in [3.05, 3.63) is 75.5 Å². The molecule has 0 aliphatic heterocycles. The predicted molar refractivity (Wildman–Crippen MR) is 101 cm³/mol. The zero-order chi connectivity index (χ0) is 20.3. The Hall–Kier alpha value is -3.06. The Kier molecular flexibility index (Phi) is 5.84. The smallest absolute Gasteiger partial charge is 0.373 e. The van der Waals surface area contributed by atoms with Crippen molar-refractivity contribution < 1.29 is 23.5 Å². The van der Waals surface area contributed by atoms with Crippen molar-refractivity contribution in [3.8, 4) is 0 Å². The summed E-state index contributed by atoms with van der Waals surface area (Å²) in [5.41, 5.74) is 2.54. The fraction of sp³-hybridized carbons (Fsp3) is 0.250. The van der Waals surface area contributed by atoms with Gasteiger partial charge in [-0.15, -0.1) is 0 Å². The molecule has 28 heavy (non-hydrogen) atoms. The first kappa shape index (κ1) is 19.7. The molecule has 146 valence electrons. The Labute approximate surface area is 166 Å². The van der Waals surface area contributed by atoms with E-state index in [1.54, 1.807) is 24.6 Å². The Morgan fingerprint density at radius 1 is 1.14 bits per heavy atom. The number of rotatable bonds is 6. The molecule has 0 saturated heterocycles. The SMILES string of the molecule is COC(=O)c1ccc(COC(=O)c2c(C)nn(Cc3ccccc3Cl)c2C)o1. The van der Waals surface area contributed by atoms with Crippen molar-refractivity contribution in [2.75, 3.05) is 7.11 Å². The van der Waals surface area contributed by atoms with Gasteiger partial charge >= 0.3 is 11.9 Å². The number of esters is 2. The number of ether oxygens (including phenoxy) is 2. The molecule has 2 heterocycles. The quantitative estimate of drug-likeness (QED) is 0.581. The molecule has 2 aromatic heterocycles. The molecule has 3 aromatic rings. The second-order valence-corrected chi connectivity index (χ2v) is 6.54. The van der Waals surface area contributed by atoms with Crippen molar-refractivity contribution in [2.45, 2.75) is 27.0 Å². The Morgan fingerprint density at radius 3 is 2.61 bits per heavy atom. The second kappa shape index (κ2) is 8.31. The fourth-order valence-electron chi connectivity index (χ4n) is 2.81. The Balaban J connectivity index is 1.72. The molecular formula is C20H19ClN2O5. The molecule has 0 saturated carbocycles. The van der Waals surface area contributed by atoms with E-state index in [0.29, 0.717) is 34.3 Å². The zero-order valence-electron chi connectivity index (χ0n) is 15.7. The molecule has 0 unspecified atom stereocenters. The molecule has 7 nitrogen and oxygen atoms in total. The van der Waals surface area contributed by atoms with E-state index in [4.69, 9.17) is 20.8 Å². The van der Waals surface area contributed by atoms with E-state index in [1.165, 1.54) is 13.2 Å². The molecule has 0 amide bonds. The third kappa shape index (κ3) is 4.09. The fourth-order valence-corrected chi connectivity index (χ4v) is 3.00. The van der Waals surface area contributed by atoms with E-state index in [9.17, 15) is 9.59 Å². The molecular weight excluding hydrogens is 384 g/mol. The van der Waals surface area contributed by atoms with Crippen LogP contribution in [0.15, 0.2) is 40.8 Å². The van der Waals surface area contributed by atoms with Gasteiger partial charge in [0.15, 0.2) is 0 Å². The van der Waals surface area contributed by atoms with Gasteiger partial charge in [-0.1, -0.05) is 29.8 Å². The molecule has 0 N–H and O–H groups in total. The minimum absolute atomic E-state index is 0.0495. The summed E-state index contributed by atoms with van der Waals surface area (Å²) in [7, 11) is 1.26. The highest BCUT2D eigenvalue weighted by Gasteiger charge is 2.21. The second-order valence-electron chi connectivity index (χ2n) is 6.13. The number of halogens is 1. The monoisotopic (exact) mass is 402 g/mol. The van der Waals surface area contributed by atoms with Crippen LogP contribution in [0.25, 0.3) is 0 Å². The van der Waals surface area contributed by atoms with E-state index in [-0.39, 0.29) is 12.4 Å². The molecule has 0 spiro atoms. The highest BCUT2D eigenvalue weighted by atomic mass is 35.5. The van der Waals surface area contributed by atoms with Gasteiger partial charge in [0, 0.05) is 5.02 Å². The molecule has 3 rings (SSSR count). The minimum Gasteiger partial charge on any atom is -0.463 e. The number of carbonyl (C=O) groups excluding carboxylic acids is 2. The van der Waals surface area contributed by atoms with Crippen LogP contribution in [0.4, 0.5) is 0 Å². The van der Waals surface area contributed by atoms with Crippen molar-refractivity contribution in [3.63, 3.8) is 0 Å². The van der Waals surface area contributed by atoms with Crippen LogP contribution in [0.2, 0.25) is 5.02 Å². The van der Waals surface area contributed by atoms with Crippen LogP contribution in [0.5, 0.6) is 0 Å². The van der Waals surface area contributed by atoms with Crippen molar-refractivity contribution in [2.24, 2.45) is 0 Å². The zero-order valence-corrected chi connectivity index (χ0v) is 16.4. The van der Waals surface area contributed by atoms with Gasteiger partial charge in [-0.25, -0.2) is 9.59 Å². The van der Waals surface area contributed by atoms with E-state index in [2.05, 4.69) is 9.84 Å². The summed E-state index contributed by atoms with van der Waals surface area (Å²) in [6, 6.07) is 10.5. The van der Waals surface area contributed by atoms with Gasteiger partial charge in [0.1, 0.15) is 17.9 Å². The van der Waals surface area contributed by atoms with Gasteiger partial charge in [-0.05, 0) is 37.6 Å². The molecule has 0 atom stereocenters. The number of furan rings is 1. The lowest BCUT2D eigenvalue weighted by Crippen LogP contribution is -2.09. The first-order valence-corrected chi connectivity index (χ1v) is 8.90. The third-order valence-electron chi connectivity index (χ3n) is 4.26. The first-order chi connectivity index (χ1) is 13.4. The molecule has 0 aliphatic carbocycles. The van der Waals surface area contributed by atoms with Crippen molar-refractivity contribution in [1.29, 1.82) is 0 Å². The number of benzene rings is 1. The molecule has 8 heteroatoms. The number of nitrogens with zero attached hydrogens (tertiary/aromatic N) is 2. The lowest BCUT2D eigenvalue weighted by Gasteiger charge is -2.07. The summed E-state index contributed by atoms with van der Waals surface area (Å²) in [5, 5.41) is 5.07. The minimum atomic E-state index is -0.592. The van der Waals surface area contributed by atoms with Gasteiger partial charge in [0.25, 0.3) is 0 Å². The highest BCUT2D eigenvalue weighted by molar-refractivity contribution is 6.31. The summed E-state index contributed by atoms with van der Waals surface area (Å²) in [5.74, 6) is -0.720. The summed E-state index contributed by atoms with van der Waals surface area (Å²) in [6.07, 6.45) is 0. The summed E-state index contributed by atoms with van der Waals surface area (Å²) in [6.45, 7) is 3.88. The lowest BCUT2D eigenvalue weighted by atomic mass is 10.2. The Bertz CT molecular complexity index is 1020. The maximum atomic E-state index is 12.6. The van der Waals surface area contributed by atoms with Crippen LogP contribution in [0.1, 0.15) is 43.6 Å². The van der Waals surface area contributed by atoms with Gasteiger partial charge in [-0.3, -0.25) is 4.68 Å². The first-order valence-electron chi connectivity index (χ1n) is 8.52. The number of carbonyl (C=O) groups is 2. The lowest BCUT2D eigenvalue weighted by molar-refractivity contribution is 0.0436. The summed E-state index contributed by atoms with van der Waals surface area (Å²) in [4.78, 5) is 24.0. The van der Waals surface area contributed by atoms with Crippen LogP contribution in [0.3, 0.4) is 0 Å². The molecule has 0 bridgehead atoms. The maximum absolute atomic E-state index is 12.6. The molecule has 1 aromatic carbocycles. The van der Waals surface area contributed by atoms with Crippen LogP contribution in [-0.4, -0.2) is 28.8 Å². The average molecular weight is 403 g/mol. The van der Waals surface area contributed by atoms with Crippen molar-refractivity contribution in [1.82, 2.24) is 9.78 Å². The van der Waals surface area contributed by atoms with Gasteiger partial charge in [0.05, 0.1) is 25.0 Å². The van der Waals surface area contributed by atoms with E-state index in [0.717, 1.165) is 5.56 Å². The van der Waals surface area contributed by atoms with E-state index < -0.39 is 11.9 Å². The van der Waals surface area contributed by atoms with Crippen LogP contribution < -0.4 is 0 Å². The third-order valence-corrected chi connectivity index (χ3v) is 4.63. The van der Waals surface area contributed by atoms with Crippen LogP contribution >= 0.6 is 11.6 Å². The Morgan fingerprint density at radius 2 is 1.89 bits per heavy atom. The summed E-state index contributed by atoms with van der Waals surface area (Å²) >= 11 is 6.21. The number of aryl methyl sites for hydroxylation is 1. The normalized spacial score (nSPS) is 10.7. The molecule has 0 radical (unpaired) electrons. The van der Waals surface area contributed by atoms with Crippen LogP contribution in [-0.2, 0) is 22.6 Å². The summed E-state index contributed by atoms with van der Waals surface area (Å²) < 4.78 is 16.9. The molecule has 0 aliphatic rings.